The molecule has 0 bridgehead atoms. The number of aromatic nitrogens is 2. The minimum absolute atomic E-state index is 0.0334. The topological polar surface area (TPSA) is 64.1 Å². The maximum atomic E-state index is 12.7. The molecule has 1 fully saturated rings. The van der Waals surface area contributed by atoms with E-state index < -0.39 is 0 Å². The van der Waals surface area contributed by atoms with E-state index in [2.05, 4.69) is 22.4 Å². The molecule has 0 saturated heterocycles. The van der Waals surface area contributed by atoms with Gasteiger partial charge in [-0.2, -0.15) is 0 Å². The zero-order valence-corrected chi connectivity index (χ0v) is 18.0. The minimum atomic E-state index is -0.0334. The number of rotatable bonds is 8. The van der Waals surface area contributed by atoms with Gasteiger partial charge in [0.2, 0.25) is 0 Å². The van der Waals surface area contributed by atoms with Crippen LogP contribution in [0.4, 0.5) is 0 Å². The molecular weight excluding hydrogens is 382 g/mol. The van der Waals surface area contributed by atoms with E-state index in [9.17, 15) is 4.79 Å². The number of hydrogen-bond acceptors (Lipinski definition) is 5. The highest BCUT2D eigenvalue weighted by Crippen LogP contribution is 2.40. The number of benzene rings is 1. The number of carbonyl (C=O) groups excluding carboxylic acids is 1. The normalized spacial score (nSPS) is 14.9. The number of nitrogens with zero attached hydrogens (tertiary/aromatic N) is 2. The van der Waals surface area contributed by atoms with Gasteiger partial charge in [0.1, 0.15) is 10.7 Å². The summed E-state index contributed by atoms with van der Waals surface area (Å²) in [5.74, 6) is 1.41. The van der Waals surface area contributed by atoms with Crippen LogP contribution >= 0.6 is 11.3 Å². The Hall–Kier alpha value is -2.31. The molecular formula is C23H27N3O2S. The molecule has 2 aromatic heterocycles. The molecule has 1 aromatic carbocycles. The van der Waals surface area contributed by atoms with Gasteiger partial charge in [0, 0.05) is 24.5 Å². The molecule has 0 radical (unpaired) electrons. The quantitative estimate of drug-likeness (QED) is 0.527. The molecule has 4 rings (SSSR count). The first kappa shape index (κ1) is 20.0. The van der Waals surface area contributed by atoms with Crippen molar-refractivity contribution in [2.24, 2.45) is 0 Å². The van der Waals surface area contributed by atoms with Crippen LogP contribution in [0, 0.1) is 13.8 Å². The summed E-state index contributed by atoms with van der Waals surface area (Å²) in [4.78, 5) is 23.8. The summed E-state index contributed by atoms with van der Waals surface area (Å²) in [5.41, 5.74) is 3.13. The molecule has 1 aliphatic rings. The first-order chi connectivity index (χ1) is 14.0. The average Bonchev–Trinajstić information content (AvgIpc) is 3.51. The van der Waals surface area contributed by atoms with Gasteiger partial charge < -0.3 is 10.1 Å². The Balaban J connectivity index is 1.32. The predicted molar refractivity (Wildman–Crippen MR) is 117 cm³/mol. The fraction of sp³-hybridized carbons (Fsp3) is 0.435. The largest absolute Gasteiger partial charge is 0.374 e. The van der Waals surface area contributed by atoms with Gasteiger partial charge in [0.25, 0.3) is 5.91 Å². The van der Waals surface area contributed by atoms with Crippen LogP contribution in [0.25, 0.3) is 10.2 Å². The molecule has 0 spiro atoms. The third-order valence-electron chi connectivity index (χ3n) is 5.38. The van der Waals surface area contributed by atoms with E-state index in [0.717, 1.165) is 38.6 Å². The van der Waals surface area contributed by atoms with Crippen LogP contribution in [-0.4, -0.2) is 29.0 Å². The first-order valence-electron chi connectivity index (χ1n) is 10.3. The van der Waals surface area contributed by atoms with Gasteiger partial charge in [-0.3, -0.25) is 4.79 Å². The van der Waals surface area contributed by atoms with E-state index in [1.807, 2.05) is 39.0 Å². The van der Waals surface area contributed by atoms with Crippen LogP contribution in [0.3, 0.4) is 0 Å². The Bertz CT molecular complexity index is 1010. The van der Waals surface area contributed by atoms with Crippen LogP contribution in [0.2, 0.25) is 0 Å². The Labute approximate surface area is 175 Å². The molecule has 5 nitrogen and oxygen atoms in total. The minimum Gasteiger partial charge on any atom is -0.374 e. The first-order valence-corrected chi connectivity index (χ1v) is 11.1. The number of amides is 1. The molecule has 3 aromatic rings. The summed E-state index contributed by atoms with van der Waals surface area (Å²) in [6.45, 7) is 7.25. The highest BCUT2D eigenvalue weighted by atomic mass is 32.1. The molecule has 1 unspecified atom stereocenters. The van der Waals surface area contributed by atoms with Gasteiger partial charge in [0.15, 0.2) is 0 Å². The zero-order valence-electron chi connectivity index (χ0n) is 17.2. The van der Waals surface area contributed by atoms with Crippen LogP contribution < -0.4 is 5.32 Å². The summed E-state index contributed by atoms with van der Waals surface area (Å²) in [5, 5.41) is 4.06. The van der Waals surface area contributed by atoms with Crippen LogP contribution in [0.5, 0.6) is 0 Å². The van der Waals surface area contributed by atoms with E-state index in [-0.39, 0.29) is 12.0 Å². The number of hydrogen-bond donors (Lipinski definition) is 1. The lowest BCUT2D eigenvalue weighted by atomic mass is 10.1. The van der Waals surface area contributed by atoms with E-state index in [4.69, 9.17) is 9.72 Å². The molecule has 1 N–H and O–H groups in total. The zero-order chi connectivity index (χ0) is 20.4. The van der Waals surface area contributed by atoms with Crippen LogP contribution in [0.15, 0.2) is 30.3 Å². The molecule has 0 aliphatic heterocycles. The average molecular weight is 410 g/mol. The Morgan fingerprint density at radius 3 is 2.72 bits per heavy atom. The standard InChI is InChI=1S/C23H27N3O2S/c1-14-19-15(2)25-21(18-10-11-18)26-23(19)29-20(14)22(27)24-12-7-13-28-16(3)17-8-5-4-6-9-17/h4-6,8-9,16,18H,7,10-13H2,1-3H3,(H,24,27). The van der Waals surface area contributed by atoms with Crippen LogP contribution in [-0.2, 0) is 4.74 Å². The molecule has 1 aliphatic carbocycles. The molecule has 2 heterocycles. The van der Waals surface area contributed by atoms with Crippen molar-refractivity contribution >= 4 is 27.5 Å². The Morgan fingerprint density at radius 1 is 1.24 bits per heavy atom. The summed E-state index contributed by atoms with van der Waals surface area (Å²) in [6, 6.07) is 10.2. The van der Waals surface area contributed by atoms with E-state index in [0.29, 0.717) is 19.1 Å². The smallest absolute Gasteiger partial charge is 0.261 e. The second kappa shape index (κ2) is 8.59. The lowest BCUT2D eigenvalue weighted by molar-refractivity contribution is 0.0635. The Kier molecular flexibility index (Phi) is 5.92. The van der Waals surface area contributed by atoms with Crippen molar-refractivity contribution in [3.8, 4) is 0 Å². The molecule has 152 valence electrons. The third kappa shape index (κ3) is 4.49. The SMILES string of the molecule is Cc1nc(C2CC2)nc2sc(C(=O)NCCCOC(C)c3ccccc3)c(C)c12. The summed E-state index contributed by atoms with van der Waals surface area (Å²) in [6.07, 6.45) is 3.18. The third-order valence-corrected chi connectivity index (χ3v) is 6.57. The molecule has 1 amide bonds. The second-order valence-electron chi connectivity index (χ2n) is 7.71. The predicted octanol–water partition coefficient (Wildman–Crippen LogP) is 5.08. The van der Waals surface area contributed by atoms with Gasteiger partial charge in [-0.25, -0.2) is 9.97 Å². The number of ether oxygens (including phenoxy) is 1. The molecule has 1 saturated carbocycles. The number of aryl methyl sites for hydroxylation is 2. The van der Waals surface area contributed by atoms with Crippen molar-refractivity contribution in [3.05, 3.63) is 57.9 Å². The number of nitrogens with one attached hydrogen (secondary N) is 1. The summed E-state index contributed by atoms with van der Waals surface area (Å²) >= 11 is 1.48. The number of thiophene rings is 1. The van der Waals surface area contributed by atoms with Gasteiger partial charge in [-0.05, 0) is 51.2 Å². The summed E-state index contributed by atoms with van der Waals surface area (Å²) < 4.78 is 5.88. The van der Waals surface area contributed by atoms with Crippen molar-refractivity contribution in [2.45, 2.75) is 52.1 Å². The van der Waals surface area contributed by atoms with Gasteiger partial charge in [0.05, 0.1) is 16.7 Å². The number of carbonyl (C=O) groups is 1. The van der Waals surface area contributed by atoms with Crippen LogP contribution in [0.1, 0.15) is 70.5 Å². The fourth-order valence-electron chi connectivity index (χ4n) is 3.54. The molecule has 1 atom stereocenters. The molecule has 6 heteroatoms. The van der Waals surface area contributed by atoms with Crippen molar-refractivity contribution in [1.82, 2.24) is 15.3 Å². The Morgan fingerprint density at radius 2 is 2.00 bits per heavy atom. The van der Waals surface area contributed by atoms with Crippen molar-refractivity contribution in [3.63, 3.8) is 0 Å². The van der Waals surface area contributed by atoms with Crippen molar-refractivity contribution in [2.75, 3.05) is 13.2 Å². The molecule has 29 heavy (non-hydrogen) atoms. The highest BCUT2D eigenvalue weighted by Gasteiger charge is 2.28. The van der Waals surface area contributed by atoms with E-state index in [1.54, 1.807) is 0 Å². The van der Waals surface area contributed by atoms with E-state index >= 15 is 0 Å². The fourth-order valence-corrected chi connectivity index (χ4v) is 4.69. The van der Waals surface area contributed by atoms with E-state index in [1.165, 1.54) is 29.7 Å². The van der Waals surface area contributed by atoms with Gasteiger partial charge in [-0.1, -0.05) is 30.3 Å². The number of fused-ring (bicyclic) bond motifs is 1. The van der Waals surface area contributed by atoms with Gasteiger partial charge >= 0.3 is 0 Å². The highest BCUT2D eigenvalue weighted by molar-refractivity contribution is 7.20. The monoisotopic (exact) mass is 409 g/mol. The van der Waals surface area contributed by atoms with Crippen molar-refractivity contribution < 1.29 is 9.53 Å². The maximum absolute atomic E-state index is 12.7. The summed E-state index contributed by atoms with van der Waals surface area (Å²) in [7, 11) is 0. The van der Waals surface area contributed by atoms with Gasteiger partial charge in [-0.15, -0.1) is 11.3 Å². The lowest BCUT2D eigenvalue weighted by Crippen LogP contribution is -2.25. The second-order valence-corrected chi connectivity index (χ2v) is 8.71. The van der Waals surface area contributed by atoms with Crippen molar-refractivity contribution in [1.29, 1.82) is 0 Å². The maximum Gasteiger partial charge on any atom is 0.261 e. The lowest BCUT2D eigenvalue weighted by Gasteiger charge is -2.13.